The van der Waals surface area contributed by atoms with E-state index in [-0.39, 0.29) is 30.9 Å². The molecule has 2 bridgehead atoms. The van der Waals surface area contributed by atoms with Crippen LogP contribution in [0.15, 0.2) is 60.7 Å². The molecule has 2 aromatic rings. The molecule has 3 N–H and O–H groups in total. The fourth-order valence-electron chi connectivity index (χ4n) is 6.52. The lowest BCUT2D eigenvalue weighted by Gasteiger charge is -2.34. The topological polar surface area (TPSA) is 108 Å². The molecule has 8 heteroatoms. The number of ether oxygens (including phenoxy) is 1. The van der Waals surface area contributed by atoms with E-state index in [0.29, 0.717) is 37.9 Å². The molecule has 0 aliphatic carbocycles. The predicted octanol–water partition coefficient (Wildman–Crippen LogP) is 2.48. The fraction of sp³-hybridized carbons (Fsp3) is 0.464. The Balaban J connectivity index is 1.47. The van der Waals surface area contributed by atoms with Crippen molar-refractivity contribution in [1.29, 1.82) is 0 Å². The summed E-state index contributed by atoms with van der Waals surface area (Å²) in [4.78, 5) is 42.8. The third-order valence-corrected chi connectivity index (χ3v) is 8.12. The van der Waals surface area contributed by atoms with Gasteiger partial charge in [0.2, 0.25) is 17.7 Å². The number of hydrogen-bond acceptors (Lipinski definition) is 5. The molecule has 3 amide bonds. The van der Waals surface area contributed by atoms with Crippen LogP contribution in [0.5, 0.6) is 0 Å². The molecule has 3 aliphatic heterocycles. The SMILES string of the molecule is CC[C@]12CCC3(O1)C(C(=O)NCc1ccccc1)N(CCCO)C(=O)[C@@H]3[C@H]2C(=O)Nc1ccccc1. The third-order valence-electron chi connectivity index (χ3n) is 8.12. The number of hydrogen-bond donors (Lipinski definition) is 3. The lowest BCUT2D eigenvalue weighted by molar-refractivity contribution is -0.146. The van der Waals surface area contributed by atoms with Crippen molar-refractivity contribution in [3.8, 4) is 0 Å². The highest BCUT2D eigenvalue weighted by atomic mass is 16.5. The van der Waals surface area contributed by atoms with Crippen LogP contribution in [-0.4, -0.2) is 58.1 Å². The van der Waals surface area contributed by atoms with Crippen molar-refractivity contribution in [1.82, 2.24) is 10.2 Å². The summed E-state index contributed by atoms with van der Waals surface area (Å²) in [6.07, 6.45) is 2.05. The van der Waals surface area contributed by atoms with Crippen molar-refractivity contribution in [2.75, 3.05) is 18.5 Å². The minimum atomic E-state index is -1.07. The first-order chi connectivity index (χ1) is 17.5. The quantitative estimate of drug-likeness (QED) is 0.500. The summed E-state index contributed by atoms with van der Waals surface area (Å²) < 4.78 is 6.71. The summed E-state index contributed by atoms with van der Waals surface area (Å²) in [5, 5.41) is 15.4. The normalized spacial score (nSPS) is 30.3. The molecule has 0 aromatic heterocycles. The molecule has 5 atom stereocenters. The molecule has 3 fully saturated rings. The zero-order valence-corrected chi connectivity index (χ0v) is 20.5. The maximum absolute atomic E-state index is 13.9. The molecule has 5 rings (SSSR count). The lowest BCUT2D eigenvalue weighted by Crippen LogP contribution is -2.55. The first kappa shape index (κ1) is 24.5. The number of amides is 3. The molecule has 2 aromatic carbocycles. The second kappa shape index (κ2) is 9.67. The van der Waals surface area contributed by atoms with Gasteiger partial charge in [0.15, 0.2) is 0 Å². The Kier molecular flexibility index (Phi) is 6.57. The standard InChI is InChI=1S/C28H33N3O5/c1-2-27-14-15-28(36-27)22(21(27)24(33)30-20-12-7-4-8-13-20)26(35)31(16-9-17-32)23(28)25(34)29-18-19-10-5-3-6-11-19/h3-8,10-13,21-23,32H,2,9,14-18H2,1H3,(H,29,34)(H,30,33)/t21-,22-,23?,27+,28?/m0/s1. The number of aliphatic hydroxyl groups is 1. The average Bonchev–Trinajstić information content (AvgIpc) is 3.51. The number of anilines is 1. The van der Waals surface area contributed by atoms with Crippen LogP contribution < -0.4 is 10.6 Å². The van der Waals surface area contributed by atoms with Crippen LogP contribution in [0.1, 0.15) is 38.2 Å². The van der Waals surface area contributed by atoms with Crippen molar-refractivity contribution in [3.63, 3.8) is 0 Å². The van der Waals surface area contributed by atoms with Gasteiger partial charge in [-0.1, -0.05) is 55.5 Å². The Bertz CT molecular complexity index is 1130. The molecule has 3 aliphatic rings. The van der Waals surface area contributed by atoms with Crippen LogP contribution in [0.2, 0.25) is 0 Å². The summed E-state index contributed by atoms with van der Waals surface area (Å²) in [6, 6.07) is 17.9. The molecule has 3 heterocycles. The molecule has 0 saturated carbocycles. The Morgan fingerprint density at radius 1 is 1.06 bits per heavy atom. The minimum absolute atomic E-state index is 0.0997. The smallest absolute Gasteiger partial charge is 0.246 e. The largest absolute Gasteiger partial charge is 0.396 e. The summed E-state index contributed by atoms with van der Waals surface area (Å²) >= 11 is 0. The van der Waals surface area contributed by atoms with Gasteiger partial charge in [0.05, 0.1) is 17.4 Å². The summed E-state index contributed by atoms with van der Waals surface area (Å²) in [5.74, 6) is -2.24. The van der Waals surface area contributed by atoms with E-state index < -0.39 is 29.1 Å². The van der Waals surface area contributed by atoms with E-state index in [4.69, 9.17) is 4.74 Å². The second-order valence-corrected chi connectivity index (χ2v) is 10.0. The van der Waals surface area contributed by atoms with Crippen LogP contribution in [-0.2, 0) is 25.7 Å². The van der Waals surface area contributed by atoms with Crippen molar-refractivity contribution in [2.45, 2.75) is 56.4 Å². The first-order valence-electron chi connectivity index (χ1n) is 12.7. The van der Waals surface area contributed by atoms with Gasteiger partial charge < -0.3 is 25.4 Å². The zero-order chi connectivity index (χ0) is 25.3. The van der Waals surface area contributed by atoms with Gasteiger partial charge in [-0.25, -0.2) is 0 Å². The van der Waals surface area contributed by atoms with E-state index in [2.05, 4.69) is 10.6 Å². The van der Waals surface area contributed by atoms with E-state index in [9.17, 15) is 19.5 Å². The molecule has 1 spiro atoms. The second-order valence-electron chi connectivity index (χ2n) is 10.0. The Morgan fingerprint density at radius 3 is 2.42 bits per heavy atom. The third kappa shape index (κ3) is 3.89. The van der Waals surface area contributed by atoms with Crippen molar-refractivity contribution in [2.24, 2.45) is 11.8 Å². The average molecular weight is 492 g/mol. The van der Waals surface area contributed by atoms with Gasteiger partial charge in [0, 0.05) is 25.4 Å². The molecule has 2 unspecified atom stereocenters. The van der Waals surface area contributed by atoms with Gasteiger partial charge in [-0.2, -0.15) is 0 Å². The van der Waals surface area contributed by atoms with Crippen LogP contribution in [0, 0.1) is 11.8 Å². The van der Waals surface area contributed by atoms with Crippen LogP contribution in [0.25, 0.3) is 0 Å². The van der Waals surface area contributed by atoms with Crippen molar-refractivity contribution in [3.05, 3.63) is 66.2 Å². The van der Waals surface area contributed by atoms with E-state index in [1.807, 2.05) is 67.6 Å². The molecule has 3 saturated heterocycles. The number of nitrogens with one attached hydrogen (secondary N) is 2. The first-order valence-corrected chi connectivity index (χ1v) is 12.7. The van der Waals surface area contributed by atoms with Gasteiger partial charge >= 0.3 is 0 Å². The van der Waals surface area contributed by atoms with Gasteiger partial charge in [0.25, 0.3) is 0 Å². The molecule has 8 nitrogen and oxygen atoms in total. The highest BCUT2D eigenvalue weighted by molar-refractivity contribution is 6.02. The maximum atomic E-state index is 13.9. The van der Waals surface area contributed by atoms with Crippen LogP contribution in [0.3, 0.4) is 0 Å². The van der Waals surface area contributed by atoms with Crippen molar-refractivity contribution < 1.29 is 24.2 Å². The highest BCUT2D eigenvalue weighted by Gasteiger charge is 2.78. The minimum Gasteiger partial charge on any atom is -0.396 e. The zero-order valence-electron chi connectivity index (χ0n) is 20.5. The number of para-hydroxylation sites is 1. The molecular formula is C28H33N3O5. The van der Waals surface area contributed by atoms with E-state index in [1.165, 1.54) is 4.90 Å². The fourth-order valence-corrected chi connectivity index (χ4v) is 6.52. The number of rotatable bonds is 9. The van der Waals surface area contributed by atoms with Crippen LogP contribution in [0.4, 0.5) is 5.69 Å². The van der Waals surface area contributed by atoms with Crippen molar-refractivity contribution >= 4 is 23.4 Å². The van der Waals surface area contributed by atoms with E-state index in [1.54, 1.807) is 0 Å². The van der Waals surface area contributed by atoms with E-state index in [0.717, 1.165) is 5.56 Å². The number of fused-ring (bicyclic) bond motifs is 1. The summed E-state index contributed by atoms with van der Waals surface area (Å²) in [5.41, 5.74) is -0.249. The number of benzene rings is 2. The van der Waals surface area contributed by atoms with Crippen LogP contribution >= 0.6 is 0 Å². The number of aliphatic hydroxyl groups excluding tert-OH is 1. The Morgan fingerprint density at radius 2 is 1.75 bits per heavy atom. The molecular weight excluding hydrogens is 458 g/mol. The number of carbonyl (C=O) groups is 3. The highest BCUT2D eigenvalue weighted by Crippen LogP contribution is 2.64. The molecule has 36 heavy (non-hydrogen) atoms. The Hall–Kier alpha value is -3.23. The molecule has 0 radical (unpaired) electrons. The van der Waals surface area contributed by atoms with E-state index >= 15 is 0 Å². The maximum Gasteiger partial charge on any atom is 0.246 e. The lowest BCUT2D eigenvalue weighted by atomic mass is 9.65. The van der Waals surface area contributed by atoms with Gasteiger partial charge in [-0.05, 0) is 43.4 Å². The number of carbonyl (C=O) groups excluding carboxylic acids is 3. The van der Waals surface area contributed by atoms with Gasteiger partial charge in [-0.3, -0.25) is 14.4 Å². The summed E-state index contributed by atoms with van der Waals surface area (Å²) in [6.45, 7) is 2.43. The van der Waals surface area contributed by atoms with Gasteiger partial charge in [0.1, 0.15) is 11.6 Å². The summed E-state index contributed by atoms with van der Waals surface area (Å²) in [7, 11) is 0. The monoisotopic (exact) mass is 491 g/mol. The van der Waals surface area contributed by atoms with Gasteiger partial charge in [-0.15, -0.1) is 0 Å². The Labute approximate surface area is 211 Å². The number of nitrogens with zero attached hydrogens (tertiary/aromatic N) is 1. The number of likely N-dealkylation sites (tertiary alicyclic amines) is 1. The molecule has 190 valence electrons. The predicted molar refractivity (Wildman–Crippen MR) is 134 cm³/mol.